The van der Waals surface area contributed by atoms with E-state index >= 15 is 0 Å². The van der Waals surface area contributed by atoms with Crippen LogP contribution in [0, 0.1) is 5.92 Å². The number of piperidine rings is 1. The molecule has 0 bridgehead atoms. The van der Waals surface area contributed by atoms with E-state index in [0.29, 0.717) is 29.7 Å². The number of benzene rings is 1. The van der Waals surface area contributed by atoms with Crippen molar-refractivity contribution < 1.29 is 19.4 Å². The second-order valence-corrected chi connectivity index (χ2v) is 5.77. The second kappa shape index (κ2) is 5.50. The number of aliphatic hydroxyl groups is 1. The highest BCUT2D eigenvalue weighted by Crippen LogP contribution is 2.28. The predicted molar refractivity (Wildman–Crippen MR) is 78.2 cm³/mol. The summed E-state index contributed by atoms with van der Waals surface area (Å²) in [6, 6.07) is 7.20. The number of fused-ring (bicyclic) bond motifs is 1. The summed E-state index contributed by atoms with van der Waals surface area (Å²) in [5.74, 6) is -0.274. The number of carbonyl (C=O) groups is 1. The molecule has 21 heavy (non-hydrogen) atoms. The van der Waals surface area contributed by atoms with Gasteiger partial charge in [-0.15, -0.1) is 0 Å². The molecule has 0 aliphatic carbocycles. The van der Waals surface area contributed by atoms with Crippen LogP contribution in [0.2, 0.25) is 0 Å². The maximum atomic E-state index is 11.5. The molecule has 2 unspecified atom stereocenters. The second-order valence-electron chi connectivity index (χ2n) is 5.77. The zero-order chi connectivity index (χ0) is 15.0. The van der Waals surface area contributed by atoms with Crippen molar-refractivity contribution in [2.45, 2.75) is 26.0 Å². The lowest BCUT2D eigenvalue weighted by molar-refractivity contribution is 0.0294. The van der Waals surface area contributed by atoms with E-state index in [0.717, 1.165) is 13.1 Å². The molecule has 0 amide bonds. The monoisotopic (exact) mass is 289 g/mol. The topological polar surface area (TPSA) is 73.9 Å². The highest BCUT2D eigenvalue weighted by molar-refractivity contribution is 6.03. The molecule has 2 aromatic rings. The zero-order valence-corrected chi connectivity index (χ0v) is 12.0. The maximum Gasteiger partial charge on any atom is 0.339 e. The summed E-state index contributed by atoms with van der Waals surface area (Å²) in [6.07, 6.45) is 0.444. The van der Waals surface area contributed by atoms with E-state index in [-0.39, 0.29) is 17.6 Å². The Kier molecular flexibility index (Phi) is 3.69. The van der Waals surface area contributed by atoms with Gasteiger partial charge in [0.15, 0.2) is 0 Å². The van der Waals surface area contributed by atoms with Crippen molar-refractivity contribution in [1.82, 2.24) is 4.90 Å². The maximum absolute atomic E-state index is 11.5. The third kappa shape index (κ3) is 2.66. The van der Waals surface area contributed by atoms with Crippen LogP contribution in [0.3, 0.4) is 0 Å². The molecule has 5 nitrogen and oxygen atoms in total. The van der Waals surface area contributed by atoms with Gasteiger partial charge in [0.05, 0.1) is 12.6 Å². The van der Waals surface area contributed by atoms with Crippen LogP contribution in [-0.2, 0) is 6.54 Å². The molecule has 1 saturated heterocycles. The first kappa shape index (κ1) is 14.1. The molecular weight excluding hydrogens is 270 g/mol. The van der Waals surface area contributed by atoms with E-state index in [1.165, 1.54) is 0 Å². The largest absolute Gasteiger partial charge is 0.478 e. The summed E-state index contributed by atoms with van der Waals surface area (Å²) in [5, 5.41) is 19.9. The molecule has 2 N–H and O–H groups in total. The summed E-state index contributed by atoms with van der Waals surface area (Å²) in [5.41, 5.74) is 0.861. The van der Waals surface area contributed by atoms with Crippen molar-refractivity contribution >= 4 is 16.9 Å². The number of aliphatic hydroxyl groups excluding tert-OH is 1. The average molecular weight is 289 g/mol. The molecular formula is C16H19NO4. The third-order valence-corrected chi connectivity index (χ3v) is 4.19. The summed E-state index contributed by atoms with van der Waals surface area (Å²) in [4.78, 5) is 13.7. The number of carboxylic acids is 1. The van der Waals surface area contributed by atoms with E-state index in [1.807, 2.05) is 19.1 Å². The lowest BCUT2D eigenvalue weighted by atomic mass is 9.96. The normalized spacial score (nSPS) is 23.5. The first-order chi connectivity index (χ1) is 10.1. The Morgan fingerprint density at radius 2 is 2.19 bits per heavy atom. The van der Waals surface area contributed by atoms with Crippen molar-refractivity contribution in [1.29, 1.82) is 0 Å². The molecule has 0 saturated carbocycles. The van der Waals surface area contributed by atoms with Gasteiger partial charge in [-0.3, -0.25) is 4.90 Å². The first-order valence-corrected chi connectivity index (χ1v) is 7.20. The fourth-order valence-corrected chi connectivity index (χ4v) is 3.01. The van der Waals surface area contributed by atoms with Crippen LogP contribution < -0.4 is 0 Å². The average Bonchev–Trinajstić information content (AvgIpc) is 2.80. The Hall–Kier alpha value is -1.85. The highest BCUT2D eigenvalue weighted by atomic mass is 16.4. The summed E-state index contributed by atoms with van der Waals surface area (Å²) >= 11 is 0. The van der Waals surface area contributed by atoms with Gasteiger partial charge in [0.1, 0.15) is 16.9 Å². The number of para-hydroxylation sites is 1. The number of furan rings is 1. The van der Waals surface area contributed by atoms with Gasteiger partial charge in [-0.1, -0.05) is 25.1 Å². The zero-order valence-electron chi connectivity index (χ0n) is 12.0. The number of aromatic carboxylic acids is 1. The molecule has 2 heterocycles. The van der Waals surface area contributed by atoms with Crippen LogP contribution in [0.1, 0.15) is 29.5 Å². The van der Waals surface area contributed by atoms with Gasteiger partial charge in [0.2, 0.25) is 0 Å². The molecule has 0 spiro atoms. The molecule has 1 aromatic carbocycles. The highest BCUT2D eigenvalue weighted by Gasteiger charge is 2.27. The predicted octanol–water partition coefficient (Wildman–Crippen LogP) is 2.33. The van der Waals surface area contributed by atoms with Crippen molar-refractivity contribution in [2.75, 3.05) is 13.1 Å². The van der Waals surface area contributed by atoms with Gasteiger partial charge in [-0.25, -0.2) is 4.79 Å². The van der Waals surface area contributed by atoms with Crippen molar-refractivity contribution in [2.24, 2.45) is 5.92 Å². The minimum absolute atomic E-state index is 0.191. The molecule has 3 rings (SSSR count). The third-order valence-electron chi connectivity index (χ3n) is 4.19. The van der Waals surface area contributed by atoms with Crippen molar-refractivity contribution in [3.05, 3.63) is 35.6 Å². The minimum Gasteiger partial charge on any atom is -0.478 e. The van der Waals surface area contributed by atoms with Crippen LogP contribution >= 0.6 is 0 Å². The van der Waals surface area contributed by atoms with Gasteiger partial charge >= 0.3 is 5.97 Å². The smallest absolute Gasteiger partial charge is 0.339 e. The number of carboxylic acid groups (broad SMARTS) is 1. The fraction of sp³-hybridized carbons (Fsp3) is 0.438. The van der Waals surface area contributed by atoms with Crippen LogP contribution in [0.4, 0.5) is 0 Å². The number of nitrogens with zero attached hydrogens (tertiary/aromatic N) is 1. The number of hydrogen-bond donors (Lipinski definition) is 2. The molecule has 5 heteroatoms. The Morgan fingerprint density at radius 3 is 2.90 bits per heavy atom. The van der Waals surface area contributed by atoms with E-state index < -0.39 is 5.97 Å². The molecule has 2 atom stereocenters. The summed E-state index contributed by atoms with van der Waals surface area (Å²) in [6.45, 7) is 3.97. The van der Waals surface area contributed by atoms with E-state index in [4.69, 9.17) is 4.42 Å². The Morgan fingerprint density at radius 1 is 1.43 bits per heavy atom. The molecule has 1 aromatic heterocycles. The molecule has 1 aliphatic rings. The number of hydrogen-bond acceptors (Lipinski definition) is 4. The van der Waals surface area contributed by atoms with Crippen molar-refractivity contribution in [3.8, 4) is 0 Å². The van der Waals surface area contributed by atoms with E-state index in [9.17, 15) is 15.0 Å². The van der Waals surface area contributed by atoms with Crippen LogP contribution in [-0.4, -0.2) is 40.3 Å². The van der Waals surface area contributed by atoms with Gasteiger partial charge in [0, 0.05) is 18.5 Å². The van der Waals surface area contributed by atoms with Crippen LogP contribution in [0.5, 0.6) is 0 Å². The lowest BCUT2D eigenvalue weighted by Crippen LogP contribution is -2.41. The van der Waals surface area contributed by atoms with Gasteiger partial charge < -0.3 is 14.6 Å². The summed E-state index contributed by atoms with van der Waals surface area (Å²) < 4.78 is 5.74. The van der Waals surface area contributed by atoms with Gasteiger partial charge in [-0.2, -0.15) is 0 Å². The standard InChI is InChI=1S/C16H19NO4/c1-10-8-17(7-6-12(10)18)9-14-15(16(19)20)11-4-2-3-5-13(11)21-14/h2-5,10,12,18H,6-9H2,1H3,(H,19,20). The Bertz CT molecular complexity index is 663. The number of likely N-dealkylation sites (tertiary alicyclic amines) is 1. The van der Waals surface area contributed by atoms with Crippen LogP contribution in [0.25, 0.3) is 11.0 Å². The Balaban J connectivity index is 1.90. The molecule has 112 valence electrons. The van der Waals surface area contributed by atoms with Crippen molar-refractivity contribution in [3.63, 3.8) is 0 Å². The number of rotatable bonds is 3. The van der Waals surface area contributed by atoms with Gasteiger partial charge in [-0.05, 0) is 18.4 Å². The van der Waals surface area contributed by atoms with Crippen LogP contribution in [0.15, 0.2) is 28.7 Å². The minimum atomic E-state index is -0.958. The molecule has 0 radical (unpaired) electrons. The van der Waals surface area contributed by atoms with E-state index in [2.05, 4.69) is 4.90 Å². The fourth-order valence-electron chi connectivity index (χ4n) is 3.01. The van der Waals surface area contributed by atoms with Gasteiger partial charge in [0.25, 0.3) is 0 Å². The van der Waals surface area contributed by atoms with E-state index in [1.54, 1.807) is 12.1 Å². The quantitative estimate of drug-likeness (QED) is 0.907. The lowest BCUT2D eigenvalue weighted by Gasteiger charge is -2.33. The molecule has 1 fully saturated rings. The SMILES string of the molecule is CC1CN(Cc2oc3ccccc3c2C(=O)O)CCC1O. The summed E-state index contributed by atoms with van der Waals surface area (Å²) in [7, 11) is 0. The molecule has 1 aliphatic heterocycles. The Labute approximate surface area is 122 Å². The first-order valence-electron chi connectivity index (χ1n) is 7.20.